The van der Waals surface area contributed by atoms with Crippen LogP contribution in [-0.4, -0.2) is 31.7 Å². The summed E-state index contributed by atoms with van der Waals surface area (Å²) in [6, 6.07) is 13.8. The van der Waals surface area contributed by atoms with E-state index in [2.05, 4.69) is 5.32 Å². The summed E-state index contributed by atoms with van der Waals surface area (Å²) in [4.78, 5) is 23.2. The van der Waals surface area contributed by atoms with E-state index in [9.17, 15) is 9.59 Å². The summed E-state index contributed by atoms with van der Waals surface area (Å²) in [5, 5.41) is 5.06. The van der Waals surface area contributed by atoms with Crippen LogP contribution in [0.1, 0.15) is 25.5 Å². The molecule has 0 spiro atoms. The number of carbonyl (C=O) groups is 2. The molecular weight excluding hydrogens is 294 g/mol. The highest BCUT2D eigenvalue weighted by molar-refractivity contribution is 5.87. The SMILES string of the molecule is CCOCC(=O)OCC(=O)N[C@@H](C)c1cccc2ccccc12. The number of benzene rings is 2. The van der Waals surface area contributed by atoms with Gasteiger partial charge >= 0.3 is 5.97 Å². The van der Waals surface area contributed by atoms with Crippen molar-refractivity contribution in [3.63, 3.8) is 0 Å². The number of rotatable bonds is 7. The van der Waals surface area contributed by atoms with Gasteiger partial charge in [-0.15, -0.1) is 0 Å². The molecule has 5 heteroatoms. The van der Waals surface area contributed by atoms with E-state index >= 15 is 0 Å². The summed E-state index contributed by atoms with van der Waals surface area (Å²) in [6.07, 6.45) is 0. The average Bonchev–Trinajstić information content (AvgIpc) is 2.57. The quantitative estimate of drug-likeness (QED) is 0.798. The fraction of sp³-hybridized carbons (Fsp3) is 0.333. The minimum absolute atomic E-state index is 0.136. The predicted octanol–water partition coefficient (Wildman–Crippen LogP) is 2.60. The Morgan fingerprint density at radius 3 is 2.61 bits per heavy atom. The third-order valence-electron chi connectivity index (χ3n) is 3.46. The van der Waals surface area contributed by atoms with Crippen molar-refractivity contribution in [2.45, 2.75) is 19.9 Å². The van der Waals surface area contributed by atoms with E-state index in [0.717, 1.165) is 16.3 Å². The molecule has 1 N–H and O–H groups in total. The predicted molar refractivity (Wildman–Crippen MR) is 88.0 cm³/mol. The van der Waals surface area contributed by atoms with Crippen molar-refractivity contribution in [2.75, 3.05) is 19.8 Å². The first-order valence-corrected chi connectivity index (χ1v) is 7.62. The third-order valence-corrected chi connectivity index (χ3v) is 3.46. The molecule has 23 heavy (non-hydrogen) atoms. The molecule has 2 aromatic rings. The molecule has 0 aliphatic carbocycles. The Kier molecular flexibility index (Phi) is 6.11. The first-order chi connectivity index (χ1) is 11.1. The minimum Gasteiger partial charge on any atom is -0.454 e. The molecule has 0 fully saturated rings. The molecule has 0 aliphatic heterocycles. The number of fused-ring (bicyclic) bond motifs is 1. The Hall–Kier alpha value is -2.40. The van der Waals surface area contributed by atoms with E-state index < -0.39 is 5.97 Å². The molecule has 5 nitrogen and oxygen atoms in total. The van der Waals surface area contributed by atoms with Gasteiger partial charge in [-0.3, -0.25) is 4.79 Å². The van der Waals surface area contributed by atoms with Crippen molar-refractivity contribution < 1.29 is 19.1 Å². The van der Waals surface area contributed by atoms with Gasteiger partial charge in [-0.1, -0.05) is 42.5 Å². The fourth-order valence-corrected chi connectivity index (χ4v) is 2.36. The van der Waals surface area contributed by atoms with Crippen LogP contribution in [-0.2, 0) is 19.1 Å². The average molecular weight is 315 g/mol. The van der Waals surface area contributed by atoms with E-state index in [1.807, 2.05) is 49.4 Å². The molecule has 0 saturated carbocycles. The molecule has 122 valence electrons. The molecule has 0 bridgehead atoms. The Bertz CT molecular complexity index is 678. The van der Waals surface area contributed by atoms with Gasteiger partial charge in [-0.25, -0.2) is 4.79 Å². The number of carbonyl (C=O) groups excluding carboxylic acids is 2. The van der Waals surface area contributed by atoms with Crippen LogP contribution >= 0.6 is 0 Å². The van der Waals surface area contributed by atoms with E-state index in [1.165, 1.54) is 0 Å². The monoisotopic (exact) mass is 315 g/mol. The standard InChI is InChI=1S/C18H21NO4/c1-3-22-12-18(21)23-11-17(20)19-13(2)15-10-6-8-14-7-4-5-9-16(14)15/h4-10,13H,3,11-12H2,1-2H3,(H,19,20)/t13-/m0/s1. The molecule has 0 radical (unpaired) electrons. The smallest absolute Gasteiger partial charge is 0.332 e. The van der Waals surface area contributed by atoms with E-state index in [0.29, 0.717) is 6.61 Å². The second kappa shape index (κ2) is 8.29. The normalized spacial score (nSPS) is 11.9. The largest absolute Gasteiger partial charge is 0.454 e. The Morgan fingerprint density at radius 1 is 1.09 bits per heavy atom. The zero-order chi connectivity index (χ0) is 16.7. The number of nitrogens with one attached hydrogen (secondary N) is 1. The minimum atomic E-state index is -0.542. The lowest BCUT2D eigenvalue weighted by molar-refractivity contribution is -0.152. The first-order valence-electron chi connectivity index (χ1n) is 7.62. The Morgan fingerprint density at radius 2 is 1.83 bits per heavy atom. The van der Waals surface area contributed by atoms with Crippen LogP contribution in [0.5, 0.6) is 0 Å². The van der Waals surface area contributed by atoms with Gasteiger partial charge < -0.3 is 14.8 Å². The van der Waals surface area contributed by atoms with Crippen molar-refractivity contribution in [3.05, 3.63) is 48.0 Å². The fourth-order valence-electron chi connectivity index (χ4n) is 2.36. The lowest BCUT2D eigenvalue weighted by atomic mass is 10.00. The van der Waals surface area contributed by atoms with Gasteiger partial charge in [0.05, 0.1) is 6.04 Å². The van der Waals surface area contributed by atoms with Crippen molar-refractivity contribution in [1.29, 1.82) is 0 Å². The van der Waals surface area contributed by atoms with Gasteiger partial charge in [-0.05, 0) is 30.2 Å². The second-order valence-electron chi connectivity index (χ2n) is 5.16. The zero-order valence-corrected chi connectivity index (χ0v) is 13.4. The van der Waals surface area contributed by atoms with Gasteiger partial charge in [0.15, 0.2) is 6.61 Å². The molecule has 2 rings (SSSR count). The maximum Gasteiger partial charge on any atom is 0.332 e. The number of ether oxygens (including phenoxy) is 2. The summed E-state index contributed by atoms with van der Waals surface area (Å²) < 4.78 is 9.77. The highest BCUT2D eigenvalue weighted by Gasteiger charge is 2.13. The second-order valence-corrected chi connectivity index (χ2v) is 5.16. The highest BCUT2D eigenvalue weighted by Crippen LogP contribution is 2.23. The summed E-state index contributed by atoms with van der Waals surface area (Å²) in [6.45, 7) is 3.68. The molecule has 0 unspecified atom stereocenters. The maximum absolute atomic E-state index is 11.9. The molecule has 1 amide bonds. The third kappa shape index (κ3) is 4.79. The van der Waals surface area contributed by atoms with E-state index in [1.54, 1.807) is 6.92 Å². The molecule has 0 heterocycles. The van der Waals surface area contributed by atoms with Crippen LogP contribution in [0, 0.1) is 0 Å². The van der Waals surface area contributed by atoms with Crippen LogP contribution in [0.3, 0.4) is 0 Å². The molecule has 0 aromatic heterocycles. The Balaban J connectivity index is 1.94. The number of amides is 1. The van der Waals surface area contributed by atoms with Gasteiger partial charge in [0, 0.05) is 6.61 Å². The first kappa shape index (κ1) is 17.0. The molecule has 2 aromatic carbocycles. The lowest BCUT2D eigenvalue weighted by Crippen LogP contribution is -2.31. The summed E-state index contributed by atoms with van der Waals surface area (Å²) in [7, 11) is 0. The summed E-state index contributed by atoms with van der Waals surface area (Å²) in [5.41, 5.74) is 1.03. The topological polar surface area (TPSA) is 64.6 Å². The van der Waals surface area contributed by atoms with E-state index in [4.69, 9.17) is 9.47 Å². The van der Waals surface area contributed by atoms with Gasteiger partial charge in [-0.2, -0.15) is 0 Å². The zero-order valence-electron chi connectivity index (χ0n) is 13.4. The summed E-state index contributed by atoms with van der Waals surface area (Å²) >= 11 is 0. The lowest BCUT2D eigenvalue weighted by Gasteiger charge is -2.16. The van der Waals surface area contributed by atoms with Crippen LogP contribution in [0.15, 0.2) is 42.5 Å². The maximum atomic E-state index is 11.9. The highest BCUT2D eigenvalue weighted by atomic mass is 16.6. The van der Waals surface area contributed by atoms with Crippen LogP contribution in [0.2, 0.25) is 0 Å². The van der Waals surface area contributed by atoms with Crippen LogP contribution in [0.4, 0.5) is 0 Å². The Labute approximate surface area is 135 Å². The number of esters is 1. The van der Waals surface area contributed by atoms with Gasteiger partial charge in [0.2, 0.25) is 0 Å². The molecule has 1 atom stereocenters. The van der Waals surface area contributed by atoms with Crippen LogP contribution < -0.4 is 5.32 Å². The van der Waals surface area contributed by atoms with Crippen molar-refractivity contribution in [3.8, 4) is 0 Å². The molecular formula is C18H21NO4. The summed E-state index contributed by atoms with van der Waals surface area (Å²) in [5.74, 6) is -0.880. The number of hydrogen-bond acceptors (Lipinski definition) is 4. The number of hydrogen-bond donors (Lipinski definition) is 1. The van der Waals surface area contributed by atoms with Crippen molar-refractivity contribution in [2.24, 2.45) is 0 Å². The van der Waals surface area contributed by atoms with Gasteiger partial charge in [0.1, 0.15) is 6.61 Å². The molecule has 0 aliphatic rings. The van der Waals surface area contributed by atoms with E-state index in [-0.39, 0.29) is 25.2 Å². The van der Waals surface area contributed by atoms with Gasteiger partial charge in [0.25, 0.3) is 5.91 Å². The molecule has 0 saturated heterocycles. The van der Waals surface area contributed by atoms with Crippen molar-refractivity contribution >= 4 is 22.6 Å². The van der Waals surface area contributed by atoms with Crippen LogP contribution in [0.25, 0.3) is 10.8 Å². The van der Waals surface area contributed by atoms with Crippen molar-refractivity contribution in [1.82, 2.24) is 5.32 Å².